The molecular weight excluding hydrogens is 152 g/mol. The monoisotopic (exact) mass is 168 g/mol. The van der Waals surface area contributed by atoms with Gasteiger partial charge in [-0.2, -0.15) is 0 Å². The zero-order valence-corrected chi connectivity index (χ0v) is 9.18. The molecule has 2 heteroatoms. The van der Waals surface area contributed by atoms with Crippen molar-refractivity contribution in [2.24, 2.45) is 0 Å². The number of rotatable bonds is 2. The minimum absolute atomic E-state index is 0.118. The van der Waals surface area contributed by atoms with Gasteiger partial charge in [0.05, 0.1) is 5.22 Å². The lowest BCUT2D eigenvalue weighted by Crippen LogP contribution is -2.34. The molecule has 1 fully saturated rings. The molecule has 1 saturated heterocycles. The standard InChI is InChI=1S/C9H16OSi/c1-2-3-6-9(11)7-4-5-8-10-9/h2-3,6H,1,4-5,7-8H2,11H3. The molecule has 11 heavy (non-hydrogen) atoms. The predicted octanol–water partition coefficient (Wildman–Crippen LogP) is 0.991. The second kappa shape index (κ2) is 3.88. The Morgan fingerprint density at radius 2 is 2.27 bits per heavy atom. The van der Waals surface area contributed by atoms with Crippen molar-refractivity contribution in [1.82, 2.24) is 0 Å². The van der Waals surface area contributed by atoms with E-state index < -0.39 is 0 Å². The van der Waals surface area contributed by atoms with E-state index in [2.05, 4.69) is 12.7 Å². The Labute approximate surface area is 71.6 Å². The van der Waals surface area contributed by atoms with Gasteiger partial charge in [-0.25, -0.2) is 0 Å². The first kappa shape index (κ1) is 8.75. The van der Waals surface area contributed by atoms with Crippen molar-refractivity contribution in [1.29, 1.82) is 0 Å². The molecule has 62 valence electrons. The summed E-state index contributed by atoms with van der Waals surface area (Å²) in [5.41, 5.74) is 0. The van der Waals surface area contributed by atoms with Gasteiger partial charge in [0.1, 0.15) is 0 Å². The van der Waals surface area contributed by atoms with Crippen LogP contribution in [0.5, 0.6) is 0 Å². The lowest BCUT2D eigenvalue weighted by atomic mass is 10.1. The summed E-state index contributed by atoms with van der Waals surface area (Å²) in [6.07, 6.45) is 9.71. The highest BCUT2D eigenvalue weighted by Crippen LogP contribution is 2.22. The smallest absolute Gasteiger partial charge is 0.0658 e. The van der Waals surface area contributed by atoms with Crippen LogP contribution in [-0.2, 0) is 4.74 Å². The summed E-state index contributed by atoms with van der Waals surface area (Å²) < 4.78 is 5.69. The molecule has 0 amide bonds. The van der Waals surface area contributed by atoms with E-state index in [0.717, 1.165) is 16.8 Å². The van der Waals surface area contributed by atoms with Crippen LogP contribution < -0.4 is 0 Å². The summed E-state index contributed by atoms with van der Waals surface area (Å²) >= 11 is 0. The van der Waals surface area contributed by atoms with E-state index >= 15 is 0 Å². The summed E-state index contributed by atoms with van der Waals surface area (Å²) in [4.78, 5) is 0. The van der Waals surface area contributed by atoms with E-state index in [9.17, 15) is 0 Å². The summed E-state index contributed by atoms with van der Waals surface area (Å²) in [7, 11) is 1.09. The molecule has 1 aliphatic rings. The van der Waals surface area contributed by atoms with Gasteiger partial charge in [-0.15, -0.1) is 0 Å². The van der Waals surface area contributed by atoms with Gasteiger partial charge in [0.15, 0.2) is 0 Å². The van der Waals surface area contributed by atoms with Crippen LogP contribution in [0.15, 0.2) is 24.8 Å². The van der Waals surface area contributed by atoms with E-state index in [0.29, 0.717) is 0 Å². The maximum atomic E-state index is 5.69. The molecule has 0 bridgehead atoms. The topological polar surface area (TPSA) is 9.23 Å². The third-order valence-electron chi connectivity index (χ3n) is 2.08. The summed E-state index contributed by atoms with van der Waals surface area (Å²) in [6, 6.07) is 0. The minimum atomic E-state index is 0.118. The fourth-order valence-electron chi connectivity index (χ4n) is 1.36. The highest BCUT2D eigenvalue weighted by molar-refractivity contribution is 6.16. The Hall–Kier alpha value is -0.343. The van der Waals surface area contributed by atoms with E-state index in [1.165, 1.54) is 19.3 Å². The van der Waals surface area contributed by atoms with E-state index in [1.807, 2.05) is 12.2 Å². The molecule has 0 aromatic rings. The van der Waals surface area contributed by atoms with Gasteiger partial charge >= 0.3 is 0 Å². The highest BCUT2D eigenvalue weighted by Gasteiger charge is 2.23. The average molecular weight is 168 g/mol. The van der Waals surface area contributed by atoms with Crippen molar-refractivity contribution in [3.8, 4) is 0 Å². The van der Waals surface area contributed by atoms with Crippen LogP contribution in [0.1, 0.15) is 19.3 Å². The minimum Gasteiger partial charge on any atom is -0.376 e. The van der Waals surface area contributed by atoms with Crippen molar-refractivity contribution in [2.75, 3.05) is 6.61 Å². The number of allylic oxidation sites excluding steroid dienone is 2. The van der Waals surface area contributed by atoms with Crippen LogP contribution in [0, 0.1) is 0 Å². The molecule has 0 aromatic heterocycles. The first-order valence-electron chi connectivity index (χ1n) is 4.21. The Kier molecular flexibility index (Phi) is 3.09. The highest BCUT2D eigenvalue weighted by atomic mass is 28.1. The molecule has 0 aromatic carbocycles. The molecule has 0 N–H and O–H groups in total. The molecule has 0 spiro atoms. The molecule has 0 aliphatic carbocycles. The molecule has 0 saturated carbocycles. The Morgan fingerprint density at radius 3 is 2.82 bits per heavy atom. The zero-order chi connectivity index (χ0) is 8.16. The molecular formula is C9H16OSi. The molecule has 1 aliphatic heterocycles. The molecule has 1 rings (SSSR count). The van der Waals surface area contributed by atoms with Crippen molar-refractivity contribution in [3.05, 3.63) is 24.8 Å². The Balaban J connectivity index is 2.49. The maximum absolute atomic E-state index is 5.69. The third-order valence-corrected chi connectivity index (χ3v) is 3.21. The van der Waals surface area contributed by atoms with Gasteiger partial charge in [-0.05, 0) is 19.3 Å². The quantitative estimate of drug-likeness (QED) is 0.441. The van der Waals surface area contributed by atoms with Gasteiger partial charge in [-0.1, -0.05) is 24.8 Å². The van der Waals surface area contributed by atoms with Gasteiger partial charge in [0.25, 0.3) is 0 Å². The summed E-state index contributed by atoms with van der Waals surface area (Å²) in [6.45, 7) is 4.58. The molecule has 1 atom stereocenters. The second-order valence-electron chi connectivity index (χ2n) is 3.21. The summed E-state index contributed by atoms with van der Waals surface area (Å²) in [5.74, 6) is 0. The van der Waals surface area contributed by atoms with Crippen LogP contribution in [0.4, 0.5) is 0 Å². The van der Waals surface area contributed by atoms with Crippen LogP contribution in [-0.4, -0.2) is 22.1 Å². The van der Waals surface area contributed by atoms with E-state index in [4.69, 9.17) is 4.74 Å². The fraction of sp³-hybridized carbons (Fsp3) is 0.556. The normalized spacial score (nSPS) is 32.7. The molecule has 1 heterocycles. The van der Waals surface area contributed by atoms with Crippen molar-refractivity contribution >= 4 is 10.2 Å². The van der Waals surface area contributed by atoms with Crippen LogP contribution in [0.25, 0.3) is 0 Å². The Morgan fingerprint density at radius 1 is 1.45 bits per heavy atom. The SMILES string of the molecule is C=CC=CC1([SiH3])CCCCO1. The van der Waals surface area contributed by atoms with Crippen molar-refractivity contribution in [2.45, 2.75) is 24.5 Å². The van der Waals surface area contributed by atoms with Crippen molar-refractivity contribution < 1.29 is 4.74 Å². The van der Waals surface area contributed by atoms with Gasteiger partial charge in [-0.3, -0.25) is 0 Å². The second-order valence-corrected chi connectivity index (χ2v) is 4.91. The number of hydrogen-bond acceptors (Lipinski definition) is 1. The van der Waals surface area contributed by atoms with E-state index in [1.54, 1.807) is 0 Å². The fourth-order valence-corrected chi connectivity index (χ4v) is 2.11. The summed E-state index contributed by atoms with van der Waals surface area (Å²) in [5, 5.41) is 0.118. The van der Waals surface area contributed by atoms with Gasteiger partial charge in [0.2, 0.25) is 0 Å². The number of ether oxygens (including phenoxy) is 1. The number of hydrogen-bond donors (Lipinski definition) is 0. The third kappa shape index (κ3) is 2.64. The lowest BCUT2D eigenvalue weighted by molar-refractivity contribution is 0.0154. The first-order valence-corrected chi connectivity index (χ1v) is 5.21. The average Bonchev–Trinajstić information content (AvgIpc) is 2.03. The van der Waals surface area contributed by atoms with Gasteiger partial charge < -0.3 is 4.74 Å². The van der Waals surface area contributed by atoms with Crippen LogP contribution in [0.2, 0.25) is 0 Å². The Bertz CT molecular complexity index is 157. The lowest BCUT2D eigenvalue weighted by Gasteiger charge is -2.31. The molecule has 1 unspecified atom stereocenters. The van der Waals surface area contributed by atoms with Crippen LogP contribution >= 0.6 is 0 Å². The molecule has 1 nitrogen and oxygen atoms in total. The predicted molar refractivity (Wildman–Crippen MR) is 51.8 cm³/mol. The van der Waals surface area contributed by atoms with Crippen LogP contribution in [0.3, 0.4) is 0 Å². The van der Waals surface area contributed by atoms with Crippen molar-refractivity contribution in [3.63, 3.8) is 0 Å². The molecule has 0 radical (unpaired) electrons. The van der Waals surface area contributed by atoms with E-state index in [-0.39, 0.29) is 5.22 Å². The zero-order valence-electron chi connectivity index (χ0n) is 7.18. The largest absolute Gasteiger partial charge is 0.376 e. The van der Waals surface area contributed by atoms with Gasteiger partial charge in [0, 0.05) is 16.8 Å². The maximum Gasteiger partial charge on any atom is 0.0658 e. The first-order chi connectivity index (χ1) is 5.27.